The number of likely N-dealkylation sites (N-methyl/N-ethyl adjacent to an activating group) is 1. The van der Waals surface area contributed by atoms with Crippen molar-refractivity contribution in [2.75, 3.05) is 20.2 Å². The number of hydrogen-bond acceptors (Lipinski definition) is 6. The van der Waals surface area contributed by atoms with E-state index in [1.54, 1.807) is 34.8 Å². The van der Waals surface area contributed by atoms with Crippen molar-refractivity contribution in [2.24, 2.45) is 4.99 Å². The van der Waals surface area contributed by atoms with Crippen molar-refractivity contribution >= 4 is 50.0 Å². The molecule has 4 aromatic rings. The van der Waals surface area contributed by atoms with Gasteiger partial charge >= 0.3 is 0 Å². The lowest BCUT2D eigenvalue weighted by Crippen LogP contribution is -2.43. The maximum Gasteiger partial charge on any atom is 0.271 e. The molecule has 0 spiro atoms. The Morgan fingerprint density at radius 3 is 2.62 bits per heavy atom. The Bertz CT molecular complexity index is 1730. The van der Waals surface area contributed by atoms with Crippen LogP contribution >= 0.6 is 27.3 Å². The average Bonchev–Trinajstić information content (AvgIpc) is 3.45. The summed E-state index contributed by atoms with van der Waals surface area (Å²) < 4.78 is 14.1. The summed E-state index contributed by atoms with van der Waals surface area (Å²) in [6, 6.07) is 14.7. The molecule has 1 aliphatic rings. The molecule has 7 nitrogen and oxygen atoms in total. The number of carbonyl (C=O) groups excluding carboxylic acids is 1. The molecule has 0 aliphatic carbocycles. The molecule has 0 saturated heterocycles. The first-order valence-electron chi connectivity index (χ1n) is 12.0. The highest BCUT2D eigenvalue weighted by Gasteiger charge is 2.36. The van der Waals surface area contributed by atoms with Gasteiger partial charge in [0.05, 0.1) is 22.9 Å². The summed E-state index contributed by atoms with van der Waals surface area (Å²) in [5.74, 6) is 1.01. The van der Waals surface area contributed by atoms with Gasteiger partial charge in [-0.25, -0.2) is 4.99 Å². The van der Waals surface area contributed by atoms with Crippen LogP contribution in [0.5, 0.6) is 5.75 Å². The minimum Gasteiger partial charge on any atom is -0.496 e. The third-order valence-corrected chi connectivity index (χ3v) is 8.00. The normalized spacial score (nSPS) is 15.6. The summed E-state index contributed by atoms with van der Waals surface area (Å²) in [5.41, 5.74) is 1.58. The zero-order chi connectivity index (χ0) is 26.3. The number of rotatable bonds is 6. The van der Waals surface area contributed by atoms with Gasteiger partial charge in [-0.05, 0) is 65.7 Å². The predicted octanol–water partition coefficient (Wildman–Crippen LogP) is 4.62. The second-order valence-corrected chi connectivity index (χ2v) is 10.4. The number of aromatic nitrogens is 1. The van der Waals surface area contributed by atoms with Crippen LogP contribution in [0.2, 0.25) is 0 Å². The van der Waals surface area contributed by atoms with Gasteiger partial charge in [-0.1, -0.05) is 41.7 Å². The maximum absolute atomic E-state index is 14.0. The van der Waals surface area contributed by atoms with E-state index in [1.165, 1.54) is 11.3 Å². The molecule has 37 heavy (non-hydrogen) atoms. The molecule has 3 heterocycles. The van der Waals surface area contributed by atoms with Crippen LogP contribution in [0.25, 0.3) is 16.8 Å². The first-order chi connectivity index (χ1) is 17.9. The fourth-order valence-corrected chi connectivity index (χ4v) is 6.17. The van der Waals surface area contributed by atoms with E-state index in [9.17, 15) is 9.59 Å². The number of hydrogen-bond donors (Lipinski definition) is 0. The molecule has 1 aliphatic heterocycles. The average molecular weight is 581 g/mol. The van der Waals surface area contributed by atoms with Gasteiger partial charge in [0.25, 0.3) is 11.5 Å². The summed E-state index contributed by atoms with van der Waals surface area (Å²) >= 11 is 4.58. The lowest BCUT2D eigenvalue weighted by atomic mass is 9.90. The highest BCUT2D eigenvalue weighted by atomic mass is 79.9. The molecule has 0 bridgehead atoms. The minimum atomic E-state index is -0.712. The number of nitrogens with zero attached hydrogens (tertiary/aromatic N) is 3. The van der Waals surface area contributed by atoms with Gasteiger partial charge in [-0.2, -0.15) is 0 Å². The van der Waals surface area contributed by atoms with Crippen molar-refractivity contribution < 1.29 is 13.9 Å². The van der Waals surface area contributed by atoms with Gasteiger partial charge in [0.15, 0.2) is 9.47 Å². The first-order valence-corrected chi connectivity index (χ1v) is 13.6. The molecule has 0 saturated carbocycles. The van der Waals surface area contributed by atoms with Crippen LogP contribution in [0.4, 0.5) is 0 Å². The number of carbonyl (C=O) groups is 1. The van der Waals surface area contributed by atoms with Crippen LogP contribution in [0.3, 0.4) is 0 Å². The van der Waals surface area contributed by atoms with Gasteiger partial charge in [0.2, 0.25) is 0 Å². The number of ether oxygens (including phenoxy) is 1. The molecule has 0 radical (unpaired) electrons. The van der Waals surface area contributed by atoms with Crippen LogP contribution in [0.1, 0.15) is 38.1 Å². The third-order valence-electron chi connectivity index (χ3n) is 6.59. The fraction of sp³-hybridized carbons (Fsp3) is 0.250. The van der Waals surface area contributed by atoms with Crippen molar-refractivity contribution in [2.45, 2.75) is 26.8 Å². The van der Waals surface area contributed by atoms with Crippen LogP contribution in [0, 0.1) is 0 Å². The smallest absolute Gasteiger partial charge is 0.271 e. The van der Waals surface area contributed by atoms with Crippen molar-refractivity contribution in [3.63, 3.8) is 0 Å². The van der Waals surface area contributed by atoms with Gasteiger partial charge in [-0.3, -0.25) is 14.2 Å². The summed E-state index contributed by atoms with van der Waals surface area (Å²) in [5, 5.41) is 1.90. The van der Waals surface area contributed by atoms with Crippen LogP contribution in [-0.4, -0.2) is 35.6 Å². The van der Waals surface area contributed by atoms with E-state index in [0.29, 0.717) is 49.9 Å². The van der Waals surface area contributed by atoms with Crippen molar-refractivity contribution in [1.29, 1.82) is 0 Å². The summed E-state index contributed by atoms with van der Waals surface area (Å²) in [7, 11) is 1.61. The van der Waals surface area contributed by atoms with Gasteiger partial charge in [0, 0.05) is 24.7 Å². The quantitative estimate of drug-likeness (QED) is 0.334. The number of furan rings is 1. The van der Waals surface area contributed by atoms with Crippen molar-refractivity contribution in [3.8, 4) is 5.75 Å². The van der Waals surface area contributed by atoms with Crippen molar-refractivity contribution in [3.05, 3.63) is 95.5 Å². The predicted molar refractivity (Wildman–Crippen MR) is 149 cm³/mol. The zero-order valence-electron chi connectivity index (χ0n) is 20.9. The molecule has 0 N–H and O–H groups in total. The Balaban J connectivity index is 1.86. The van der Waals surface area contributed by atoms with E-state index in [0.717, 1.165) is 16.3 Å². The minimum absolute atomic E-state index is 0.143. The second-order valence-electron chi connectivity index (χ2n) is 8.60. The Morgan fingerprint density at radius 2 is 1.95 bits per heavy atom. The Hall–Kier alpha value is -3.43. The highest BCUT2D eigenvalue weighted by Crippen LogP contribution is 2.40. The molecule has 1 atom stereocenters. The van der Waals surface area contributed by atoms with Gasteiger partial charge in [0.1, 0.15) is 17.6 Å². The number of amides is 1. The van der Waals surface area contributed by atoms with Crippen molar-refractivity contribution in [1.82, 2.24) is 9.47 Å². The molecule has 1 amide bonds. The molecular weight excluding hydrogens is 554 g/mol. The zero-order valence-corrected chi connectivity index (χ0v) is 23.4. The second kappa shape index (κ2) is 10.1. The highest BCUT2D eigenvalue weighted by molar-refractivity contribution is 9.10. The SMILES string of the molecule is CCN(CC)C(=O)C1=C(C)N=c2s/c(=C/c3ccc(Br)o3)c(=O)n2[C@H]1c1c(OC)ccc2ccccc12. The Kier molecular flexibility index (Phi) is 6.92. The fourth-order valence-electron chi connectivity index (χ4n) is 4.82. The van der Waals surface area contributed by atoms with E-state index in [4.69, 9.17) is 14.1 Å². The third kappa shape index (κ3) is 4.36. The first kappa shape index (κ1) is 25.2. The van der Waals surface area contributed by atoms with E-state index in [2.05, 4.69) is 15.9 Å². The van der Waals surface area contributed by atoms with E-state index < -0.39 is 6.04 Å². The maximum atomic E-state index is 14.0. The standard InChI is InChI=1S/C28H26BrN3O4S/c1-5-31(6-2)27(34)23-16(3)30-28-32(26(33)21(37-28)15-18-12-14-22(29)36-18)25(23)24-19-10-8-7-9-17(19)11-13-20(24)35-4/h7-15,25H,5-6H2,1-4H3/b21-15+/t25-/m1/s1. The van der Waals surface area contributed by atoms with Crippen LogP contribution < -0.4 is 19.6 Å². The largest absolute Gasteiger partial charge is 0.496 e. The number of allylic oxidation sites excluding steroid dienone is 1. The van der Waals surface area contributed by atoms with Crippen LogP contribution in [-0.2, 0) is 4.79 Å². The van der Waals surface area contributed by atoms with Gasteiger partial charge in [-0.15, -0.1) is 0 Å². The monoisotopic (exact) mass is 579 g/mol. The lowest BCUT2D eigenvalue weighted by Gasteiger charge is -2.30. The van der Waals surface area contributed by atoms with Gasteiger partial charge < -0.3 is 14.1 Å². The van der Waals surface area contributed by atoms with E-state index in [-0.39, 0.29) is 11.5 Å². The summed E-state index contributed by atoms with van der Waals surface area (Å²) in [4.78, 5) is 34.9. The molecule has 9 heteroatoms. The molecule has 2 aromatic heterocycles. The molecule has 0 unspecified atom stereocenters. The summed E-state index contributed by atoms with van der Waals surface area (Å²) in [6.07, 6.45) is 1.71. The summed E-state index contributed by atoms with van der Waals surface area (Å²) in [6.45, 7) is 6.82. The number of fused-ring (bicyclic) bond motifs is 2. The topological polar surface area (TPSA) is 77.0 Å². The lowest BCUT2D eigenvalue weighted by molar-refractivity contribution is -0.127. The number of methoxy groups -OCH3 is 1. The molecule has 5 rings (SSSR count). The number of benzene rings is 2. The van der Waals surface area contributed by atoms with Crippen LogP contribution in [0.15, 0.2) is 78.7 Å². The number of thiazole rings is 1. The number of halogens is 1. The Morgan fingerprint density at radius 1 is 1.19 bits per heavy atom. The molecular formula is C28H26BrN3O4S. The molecule has 2 aromatic carbocycles. The van der Waals surface area contributed by atoms with E-state index >= 15 is 0 Å². The van der Waals surface area contributed by atoms with E-state index in [1.807, 2.05) is 57.2 Å². The Labute approximate surface area is 226 Å². The molecule has 0 fully saturated rings. The molecule has 190 valence electrons.